The number of hydrogen-bond donors (Lipinski definition) is 1. The predicted octanol–water partition coefficient (Wildman–Crippen LogP) is 1.99. The second kappa shape index (κ2) is 6.86. The molecule has 0 unspecified atom stereocenters. The number of benzene rings is 1. The van der Waals surface area contributed by atoms with Crippen LogP contribution in [0.2, 0.25) is 0 Å². The number of ether oxygens (including phenoxy) is 1. The smallest absolute Gasteiger partial charge is 0.310 e. The minimum Gasteiger partial charge on any atom is -0.469 e. The zero-order chi connectivity index (χ0) is 14.5. The lowest BCUT2D eigenvalue weighted by molar-refractivity contribution is -0.150. The zero-order valence-electron chi connectivity index (χ0n) is 12.2. The minimum atomic E-state index is -0.146. The predicted molar refractivity (Wildman–Crippen MR) is 77.2 cm³/mol. The number of methoxy groups -OCH3 is 1. The first-order valence-electron chi connectivity index (χ1n) is 7.18. The van der Waals surface area contributed by atoms with Crippen molar-refractivity contribution < 1.29 is 14.6 Å². The van der Waals surface area contributed by atoms with Gasteiger partial charge in [0.25, 0.3) is 0 Å². The van der Waals surface area contributed by atoms with Crippen LogP contribution in [-0.4, -0.2) is 42.3 Å². The summed E-state index contributed by atoms with van der Waals surface area (Å²) in [6.45, 7) is 3.00. The van der Waals surface area contributed by atoms with E-state index in [1.54, 1.807) is 0 Å². The van der Waals surface area contributed by atoms with Crippen molar-refractivity contribution in [1.82, 2.24) is 4.90 Å². The van der Waals surface area contributed by atoms with Gasteiger partial charge in [-0.1, -0.05) is 30.3 Å². The van der Waals surface area contributed by atoms with E-state index in [0.717, 1.165) is 24.9 Å². The molecular weight excluding hydrogens is 254 g/mol. The summed E-state index contributed by atoms with van der Waals surface area (Å²) in [5.74, 6) is -0.251. The van der Waals surface area contributed by atoms with Crippen LogP contribution in [0.25, 0.3) is 0 Å². The van der Waals surface area contributed by atoms with Crippen LogP contribution in [-0.2, 0) is 9.53 Å². The molecule has 3 atom stereocenters. The number of esters is 1. The number of aliphatic hydroxyl groups is 1. The fourth-order valence-electron chi connectivity index (χ4n) is 3.15. The molecule has 20 heavy (non-hydrogen) atoms. The van der Waals surface area contributed by atoms with Crippen LogP contribution >= 0.6 is 0 Å². The van der Waals surface area contributed by atoms with Gasteiger partial charge in [0.15, 0.2) is 0 Å². The number of likely N-dealkylation sites (tertiary alicyclic amines) is 1. The number of hydrogen-bond acceptors (Lipinski definition) is 4. The molecule has 0 aromatic heterocycles. The van der Waals surface area contributed by atoms with Crippen molar-refractivity contribution in [1.29, 1.82) is 0 Å². The monoisotopic (exact) mass is 277 g/mol. The second-order valence-corrected chi connectivity index (χ2v) is 5.36. The summed E-state index contributed by atoms with van der Waals surface area (Å²) in [7, 11) is 1.44. The molecular formula is C16H23NO3. The van der Waals surface area contributed by atoms with Crippen LogP contribution in [0.3, 0.4) is 0 Å². The highest BCUT2D eigenvalue weighted by molar-refractivity contribution is 5.73. The maximum atomic E-state index is 11.9. The lowest BCUT2D eigenvalue weighted by Crippen LogP contribution is -2.48. The van der Waals surface area contributed by atoms with Gasteiger partial charge in [-0.25, -0.2) is 0 Å². The summed E-state index contributed by atoms with van der Waals surface area (Å²) in [5, 5.41) is 9.77. The van der Waals surface area contributed by atoms with Gasteiger partial charge in [0.05, 0.1) is 25.7 Å². The van der Waals surface area contributed by atoms with Crippen LogP contribution in [0.5, 0.6) is 0 Å². The Morgan fingerprint density at radius 3 is 2.75 bits per heavy atom. The first kappa shape index (κ1) is 15.0. The van der Waals surface area contributed by atoms with Gasteiger partial charge in [0.2, 0.25) is 0 Å². The Morgan fingerprint density at radius 2 is 2.15 bits per heavy atom. The van der Waals surface area contributed by atoms with Crippen molar-refractivity contribution in [3.05, 3.63) is 35.9 Å². The lowest BCUT2D eigenvalue weighted by atomic mass is 9.88. The van der Waals surface area contributed by atoms with E-state index >= 15 is 0 Å². The molecule has 1 aliphatic rings. The maximum Gasteiger partial charge on any atom is 0.310 e. The minimum absolute atomic E-state index is 0.0568. The molecule has 2 rings (SSSR count). The summed E-state index contributed by atoms with van der Waals surface area (Å²) in [6.07, 6.45) is 1.81. The van der Waals surface area contributed by atoms with E-state index in [4.69, 9.17) is 4.74 Å². The third-order valence-electron chi connectivity index (χ3n) is 4.30. The third-order valence-corrected chi connectivity index (χ3v) is 4.30. The van der Waals surface area contributed by atoms with Crippen LogP contribution in [0.4, 0.5) is 0 Å². The number of aliphatic hydroxyl groups excluding tert-OH is 1. The van der Waals surface area contributed by atoms with Crippen LogP contribution < -0.4 is 0 Å². The van der Waals surface area contributed by atoms with Gasteiger partial charge in [-0.15, -0.1) is 0 Å². The van der Waals surface area contributed by atoms with E-state index in [1.807, 2.05) is 37.3 Å². The Kier molecular flexibility index (Phi) is 5.15. The molecule has 4 nitrogen and oxygen atoms in total. The van der Waals surface area contributed by atoms with Gasteiger partial charge < -0.3 is 9.84 Å². The highest BCUT2D eigenvalue weighted by Gasteiger charge is 2.37. The van der Waals surface area contributed by atoms with Gasteiger partial charge >= 0.3 is 5.97 Å². The Bertz CT molecular complexity index is 435. The molecule has 0 aliphatic carbocycles. The Morgan fingerprint density at radius 1 is 1.45 bits per heavy atom. The molecule has 1 fully saturated rings. The highest BCUT2D eigenvalue weighted by atomic mass is 16.5. The largest absolute Gasteiger partial charge is 0.469 e. The molecule has 1 saturated heterocycles. The molecule has 1 N–H and O–H groups in total. The average Bonchev–Trinajstić information content (AvgIpc) is 2.50. The van der Waals surface area contributed by atoms with Crippen molar-refractivity contribution in [2.75, 3.05) is 20.3 Å². The summed E-state index contributed by atoms with van der Waals surface area (Å²) in [6, 6.07) is 9.99. The Labute approximate surface area is 120 Å². The van der Waals surface area contributed by atoms with Gasteiger partial charge in [-0.3, -0.25) is 9.69 Å². The summed E-state index contributed by atoms with van der Waals surface area (Å²) in [4.78, 5) is 14.1. The Balaban J connectivity index is 2.19. The second-order valence-electron chi connectivity index (χ2n) is 5.36. The van der Waals surface area contributed by atoms with E-state index in [0.29, 0.717) is 0 Å². The number of nitrogens with zero attached hydrogens (tertiary/aromatic N) is 1. The van der Waals surface area contributed by atoms with Crippen molar-refractivity contribution in [2.45, 2.75) is 31.8 Å². The molecule has 1 aromatic rings. The Hall–Kier alpha value is -1.39. The van der Waals surface area contributed by atoms with Gasteiger partial charge in [0.1, 0.15) is 0 Å². The molecule has 1 aromatic carbocycles. The topological polar surface area (TPSA) is 49.8 Å². The van der Waals surface area contributed by atoms with E-state index in [2.05, 4.69) is 4.90 Å². The van der Waals surface area contributed by atoms with Crippen LogP contribution in [0, 0.1) is 5.92 Å². The summed E-state index contributed by atoms with van der Waals surface area (Å²) >= 11 is 0. The summed E-state index contributed by atoms with van der Waals surface area (Å²) < 4.78 is 4.90. The number of rotatable bonds is 4. The van der Waals surface area contributed by atoms with E-state index in [-0.39, 0.29) is 30.6 Å². The van der Waals surface area contributed by atoms with Crippen molar-refractivity contribution in [3.63, 3.8) is 0 Å². The van der Waals surface area contributed by atoms with Crippen molar-refractivity contribution >= 4 is 5.97 Å². The third kappa shape index (κ3) is 3.02. The SMILES string of the molecule is COC(=O)[C@@H]1CCCN([C@H](CO)c2ccccc2)[C@H]1C. The van der Waals surface area contributed by atoms with Crippen LogP contribution in [0.15, 0.2) is 30.3 Å². The zero-order valence-corrected chi connectivity index (χ0v) is 12.2. The first-order valence-corrected chi connectivity index (χ1v) is 7.18. The quantitative estimate of drug-likeness (QED) is 0.855. The fraction of sp³-hybridized carbons (Fsp3) is 0.562. The fourth-order valence-corrected chi connectivity index (χ4v) is 3.15. The molecule has 0 bridgehead atoms. The maximum absolute atomic E-state index is 11.9. The average molecular weight is 277 g/mol. The molecule has 1 aliphatic heterocycles. The first-order chi connectivity index (χ1) is 9.69. The molecule has 1 heterocycles. The normalized spacial score (nSPS) is 25.1. The van der Waals surface area contributed by atoms with Gasteiger partial charge in [-0.05, 0) is 31.9 Å². The molecule has 0 radical (unpaired) electrons. The summed E-state index contributed by atoms with van der Waals surface area (Å²) in [5.41, 5.74) is 1.09. The van der Waals surface area contributed by atoms with Gasteiger partial charge in [-0.2, -0.15) is 0 Å². The highest BCUT2D eigenvalue weighted by Crippen LogP contribution is 2.32. The lowest BCUT2D eigenvalue weighted by Gasteiger charge is -2.42. The molecule has 0 spiro atoms. The van der Waals surface area contributed by atoms with Crippen LogP contribution in [0.1, 0.15) is 31.4 Å². The molecule has 0 saturated carbocycles. The number of piperidine rings is 1. The standard InChI is InChI=1S/C16H23NO3/c1-12-14(16(19)20-2)9-6-10-17(12)15(11-18)13-7-4-3-5-8-13/h3-5,7-8,12,14-15,18H,6,9-11H2,1-2H3/t12-,14+,15+/m0/s1. The number of carbonyl (C=O) groups excluding carboxylic acids is 1. The van der Waals surface area contributed by atoms with E-state index in [1.165, 1.54) is 7.11 Å². The van der Waals surface area contributed by atoms with Crippen molar-refractivity contribution in [3.8, 4) is 0 Å². The number of carbonyl (C=O) groups is 1. The van der Waals surface area contributed by atoms with Gasteiger partial charge in [0, 0.05) is 6.04 Å². The van der Waals surface area contributed by atoms with E-state index in [9.17, 15) is 9.90 Å². The molecule has 110 valence electrons. The molecule has 0 amide bonds. The van der Waals surface area contributed by atoms with Crippen molar-refractivity contribution in [2.24, 2.45) is 5.92 Å². The van der Waals surface area contributed by atoms with E-state index < -0.39 is 0 Å². The molecule has 4 heteroatoms.